The SMILES string of the molecule is Cc1cc(C)nc(N2CCN(c3ccc(-c4ccco4)nn3)CC2)n1. The van der Waals surface area contributed by atoms with Gasteiger partial charge in [0.25, 0.3) is 0 Å². The standard InChI is InChI=1S/C18H20N6O/c1-13-12-14(2)20-18(19-13)24-9-7-23(8-10-24)17-6-5-15(21-22-17)16-4-3-11-25-16/h3-6,11-12H,7-10H2,1-2H3. The van der Waals surface area contributed by atoms with E-state index in [1.807, 2.05) is 44.2 Å². The second-order valence-electron chi connectivity index (χ2n) is 6.18. The van der Waals surface area contributed by atoms with Crippen LogP contribution in [-0.2, 0) is 0 Å². The van der Waals surface area contributed by atoms with E-state index < -0.39 is 0 Å². The summed E-state index contributed by atoms with van der Waals surface area (Å²) in [5.41, 5.74) is 2.75. The minimum Gasteiger partial charge on any atom is -0.463 e. The van der Waals surface area contributed by atoms with Crippen LogP contribution in [0.4, 0.5) is 11.8 Å². The number of aryl methyl sites for hydroxylation is 2. The summed E-state index contributed by atoms with van der Waals surface area (Å²) in [6.45, 7) is 7.47. The maximum Gasteiger partial charge on any atom is 0.225 e. The molecule has 0 atom stereocenters. The van der Waals surface area contributed by atoms with Crippen molar-refractivity contribution in [2.75, 3.05) is 36.0 Å². The van der Waals surface area contributed by atoms with Crippen LogP contribution in [0, 0.1) is 13.8 Å². The predicted octanol–water partition coefficient (Wildman–Crippen LogP) is 2.47. The Balaban J connectivity index is 1.43. The fourth-order valence-corrected chi connectivity index (χ4v) is 3.03. The number of nitrogens with zero attached hydrogens (tertiary/aromatic N) is 6. The smallest absolute Gasteiger partial charge is 0.225 e. The highest BCUT2D eigenvalue weighted by Crippen LogP contribution is 2.20. The number of hydrogen-bond donors (Lipinski definition) is 0. The third-order valence-corrected chi connectivity index (χ3v) is 4.28. The third-order valence-electron chi connectivity index (χ3n) is 4.28. The molecule has 3 aromatic rings. The summed E-state index contributed by atoms with van der Waals surface area (Å²) in [4.78, 5) is 13.6. The molecule has 25 heavy (non-hydrogen) atoms. The summed E-state index contributed by atoms with van der Waals surface area (Å²) in [6, 6.07) is 9.66. The van der Waals surface area contributed by atoms with E-state index >= 15 is 0 Å². The lowest BCUT2D eigenvalue weighted by molar-refractivity contribution is 0.578. The predicted molar refractivity (Wildman–Crippen MR) is 95.7 cm³/mol. The van der Waals surface area contributed by atoms with Crippen LogP contribution in [0.25, 0.3) is 11.5 Å². The lowest BCUT2D eigenvalue weighted by Gasteiger charge is -2.35. The van der Waals surface area contributed by atoms with Crippen LogP contribution >= 0.6 is 0 Å². The second-order valence-corrected chi connectivity index (χ2v) is 6.18. The van der Waals surface area contributed by atoms with Gasteiger partial charge in [-0.25, -0.2) is 9.97 Å². The van der Waals surface area contributed by atoms with Crippen molar-refractivity contribution >= 4 is 11.8 Å². The molecule has 0 amide bonds. The Morgan fingerprint density at radius 1 is 0.880 bits per heavy atom. The zero-order chi connectivity index (χ0) is 17.2. The van der Waals surface area contributed by atoms with Crippen molar-refractivity contribution in [1.29, 1.82) is 0 Å². The number of aromatic nitrogens is 4. The number of furan rings is 1. The summed E-state index contributed by atoms with van der Waals surface area (Å²) in [6.07, 6.45) is 1.64. The Bertz CT molecular complexity index is 818. The van der Waals surface area contributed by atoms with E-state index in [1.165, 1.54) is 0 Å². The van der Waals surface area contributed by atoms with Gasteiger partial charge in [0.1, 0.15) is 5.69 Å². The molecule has 7 heteroatoms. The first kappa shape index (κ1) is 15.6. The topological polar surface area (TPSA) is 71.2 Å². The molecule has 3 aromatic heterocycles. The van der Waals surface area contributed by atoms with Crippen LogP contribution in [0.2, 0.25) is 0 Å². The normalized spacial score (nSPS) is 14.8. The number of anilines is 2. The molecule has 0 saturated carbocycles. The van der Waals surface area contributed by atoms with Gasteiger partial charge in [-0.1, -0.05) is 0 Å². The first-order chi connectivity index (χ1) is 12.2. The van der Waals surface area contributed by atoms with Gasteiger partial charge in [-0.15, -0.1) is 10.2 Å². The number of hydrogen-bond acceptors (Lipinski definition) is 7. The molecular formula is C18H20N6O. The molecule has 1 aliphatic heterocycles. The van der Waals surface area contributed by atoms with E-state index in [2.05, 4.69) is 30.0 Å². The third kappa shape index (κ3) is 3.31. The quantitative estimate of drug-likeness (QED) is 0.727. The van der Waals surface area contributed by atoms with Crippen LogP contribution in [0.15, 0.2) is 41.0 Å². The largest absolute Gasteiger partial charge is 0.463 e. The zero-order valence-corrected chi connectivity index (χ0v) is 14.4. The van der Waals surface area contributed by atoms with Gasteiger partial charge in [0.05, 0.1) is 6.26 Å². The van der Waals surface area contributed by atoms with Crippen LogP contribution < -0.4 is 9.80 Å². The Hall–Kier alpha value is -2.96. The van der Waals surface area contributed by atoms with Crippen molar-refractivity contribution in [3.8, 4) is 11.5 Å². The molecule has 1 aliphatic rings. The Morgan fingerprint density at radius 3 is 2.20 bits per heavy atom. The van der Waals surface area contributed by atoms with Crippen molar-refractivity contribution in [3.63, 3.8) is 0 Å². The summed E-state index contributed by atoms with van der Waals surface area (Å²) in [5.74, 6) is 2.43. The lowest BCUT2D eigenvalue weighted by atomic mass is 10.3. The van der Waals surface area contributed by atoms with Gasteiger partial charge in [-0.05, 0) is 44.2 Å². The van der Waals surface area contributed by atoms with Crippen LogP contribution in [-0.4, -0.2) is 46.3 Å². The maximum atomic E-state index is 5.35. The molecule has 1 saturated heterocycles. The van der Waals surface area contributed by atoms with Crippen molar-refractivity contribution in [2.24, 2.45) is 0 Å². The van der Waals surface area contributed by atoms with Crippen LogP contribution in [0.3, 0.4) is 0 Å². The van der Waals surface area contributed by atoms with Gasteiger partial charge in [-0.3, -0.25) is 0 Å². The highest BCUT2D eigenvalue weighted by atomic mass is 16.3. The fraction of sp³-hybridized carbons (Fsp3) is 0.333. The van der Waals surface area contributed by atoms with Crippen molar-refractivity contribution in [1.82, 2.24) is 20.2 Å². The van der Waals surface area contributed by atoms with E-state index in [-0.39, 0.29) is 0 Å². The Labute approximate surface area is 146 Å². The average Bonchev–Trinajstić information content (AvgIpc) is 3.16. The average molecular weight is 336 g/mol. The van der Waals surface area contributed by atoms with Crippen LogP contribution in [0.1, 0.15) is 11.4 Å². The van der Waals surface area contributed by atoms with E-state index in [0.29, 0.717) is 0 Å². The molecular weight excluding hydrogens is 316 g/mol. The fourth-order valence-electron chi connectivity index (χ4n) is 3.03. The molecule has 0 aromatic carbocycles. The molecule has 4 heterocycles. The zero-order valence-electron chi connectivity index (χ0n) is 14.4. The summed E-state index contributed by atoms with van der Waals surface area (Å²) in [5, 5.41) is 8.62. The molecule has 0 bridgehead atoms. The molecule has 0 aliphatic carbocycles. The highest BCUT2D eigenvalue weighted by molar-refractivity contribution is 5.53. The molecule has 1 fully saturated rings. The second kappa shape index (κ2) is 6.51. The minimum absolute atomic E-state index is 0.732. The maximum absolute atomic E-state index is 5.35. The highest BCUT2D eigenvalue weighted by Gasteiger charge is 2.20. The summed E-state index contributed by atoms with van der Waals surface area (Å²) >= 11 is 0. The van der Waals surface area contributed by atoms with Gasteiger partial charge in [-0.2, -0.15) is 0 Å². The van der Waals surface area contributed by atoms with Gasteiger partial charge >= 0.3 is 0 Å². The van der Waals surface area contributed by atoms with E-state index in [0.717, 1.165) is 60.8 Å². The molecule has 128 valence electrons. The Kier molecular flexibility index (Phi) is 4.05. The van der Waals surface area contributed by atoms with Gasteiger partial charge in [0.2, 0.25) is 5.95 Å². The molecule has 4 rings (SSSR count). The summed E-state index contributed by atoms with van der Waals surface area (Å²) in [7, 11) is 0. The monoisotopic (exact) mass is 336 g/mol. The van der Waals surface area contributed by atoms with Gasteiger partial charge in [0.15, 0.2) is 11.6 Å². The van der Waals surface area contributed by atoms with E-state index in [1.54, 1.807) is 6.26 Å². The first-order valence-corrected chi connectivity index (χ1v) is 8.39. The number of rotatable bonds is 3. The first-order valence-electron chi connectivity index (χ1n) is 8.39. The van der Waals surface area contributed by atoms with Crippen molar-refractivity contribution in [2.45, 2.75) is 13.8 Å². The van der Waals surface area contributed by atoms with Crippen molar-refractivity contribution in [3.05, 3.63) is 48.0 Å². The van der Waals surface area contributed by atoms with Crippen LogP contribution in [0.5, 0.6) is 0 Å². The van der Waals surface area contributed by atoms with Crippen molar-refractivity contribution < 1.29 is 4.42 Å². The number of piperazine rings is 1. The molecule has 0 radical (unpaired) electrons. The lowest BCUT2D eigenvalue weighted by Crippen LogP contribution is -2.47. The minimum atomic E-state index is 0.732. The Morgan fingerprint density at radius 2 is 1.60 bits per heavy atom. The summed E-state index contributed by atoms with van der Waals surface area (Å²) < 4.78 is 5.35. The van der Waals surface area contributed by atoms with E-state index in [4.69, 9.17) is 4.42 Å². The molecule has 0 N–H and O–H groups in total. The molecule has 7 nitrogen and oxygen atoms in total. The molecule has 0 unspecified atom stereocenters. The van der Waals surface area contributed by atoms with Gasteiger partial charge in [0, 0.05) is 37.6 Å². The van der Waals surface area contributed by atoms with E-state index in [9.17, 15) is 0 Å². The van der Waals surface area contributed by atoms with Gasteiger partial charge < -0.3 is 14.2 Å². The molecule has 0 spiro atoms.